The number of amides is 2. The quantitative estimate of drug-likeness (QED) is 0.501. The van der Waals surface area contributed by atoms with Gasteiger partial charge in [-0.1, -0.05) is 6.07 Å². The molecule has 0 bridgehead atoms. The summed E-state index contributed by atoms with van der Waals surface area (Å²) in [7, 11) is 0. The van der Waals surface area contributed by atoms with Crippen LogP contribution in [0.5, 0.6) is 11.5 Å². The highest BCUT2D eigenvalue weighted by atomic mass is 35.5. The van der Waals surface area contributed by atoms with Crippen molar-refractivity contribution in [2.75, 3.05) is 23.7 Å². The molecule has 2 aromatic carbocycles. The first-order valence-electron chi connectivity index (χ1n) is 10.5. The summed E-state index contributed by atoms with van der Waals surface area (Å²) in [4.78, 5) is 25.2. The zero-order valence-corrected chi connectivity index (χ0v) is 20.7. The molecule has 1 N–H and O–H groups in total. The summed E-state index contributed by atoms with van der Waals surface area (Å²) in [5.74, 6) is -0.236. The van der Waals surface area contributed by atoms with Gasteiger partial charge in [0.15, 0.2) is 11.6 Å². The van der Waals surface area contributed by atoms with Crippen LogP contribution in [0.2, 0.25) is 0 Å². The molecule has 0 unspecified atom stereocenters. The zero-order valence-electron chi connectivity index (χ0n) is 19.2. The maximum atomic E-state index is 14.3. The highest BCUT2D eigenvalue weighted by molar-refractivity contribution is 6.40. The first kappa shape index (κ1) is 26.7. The van der Waals surface area contributed by atoms with Crippen LogP contribution >= 0.6 is 23.2 Å². The number of carbonyl (C=O) groups excluding carboxylic acids is 2. The fraction of sp³-hybridized carbons (Fsp3) is 0.417. The van der Waals surface area contributed by atoms with Gasteiger partial charge >= 0.3 is 6.09 Å². The summed E-state index contributed by atoms with van der Waals surface area (Å²) in [5.41, 5.74) is 2.04. The van der Waals surface area contributed by atoms with Crippen molar-refractivity contribution in [3.63, 3.8) is 0 Å². The van der Waals surface area contributed by atoms with Crippen LogP contribution in [0.15, 0.2) is 36.4 Å². The van der Waals surface area contributed by atoms with Crippen molar-refractivity contribution in [1.29, 1.82) is 0 Å². The van der Waals surface area contributed by atoms with E-state index in [4.69, 9.17) is 32.7 Å². The van der Waals surface area contributed by atoms with Crippen LogP contribution < -0.4 is 10.1 Å². The van der Waals surface area contributed by atoms with Gasteiger partial charge in [0.25, 0.3) is 0 Å². The van der Waals surface area contributed by atoms with E-state index in [0.717, 1.165) is 11.1 Å². The molecule has 0 spiro atoms. The fourth-order valence-electron chi connectivity index (χ4n) is 3.27. The van der Waals surface area contributed by atoms with Crippen molar-refractivity contribution >= 4 is 40.9 Å². The summed E-state index contributed by atoms with van der Waals surface area (Å²) in [6, 6.07) is 9.92. The van der Waals surface area contributed by atoms with Crippen molar-refractivity contribution in [3.8, 4) is 11.5 Å². The standard InChI is InChI=1S/C23H27FN2O4.CH2Cl2/c1-15(27)25-18-6-8-21(20(24)14-18)29-19-7-5-16-9-11-26(12-10-17(16)13-19)22(28)30-23(2,3)4;2-1-3/h5-8,13-14H,9-12H2,1-4H3,(H,25,27);1H2. The molecule has 0 fully saturated rings. The smallest absolute Gasteiger partial charge is 0.410 e. The SMILES string of the molecule is CC(=O)Nc1ccc(Oc2ccc3c(c2)CCN(C(=O)OC(C)(C)C)CC3)c(F)c1.ClCCl. The van der Waals surface area contributed by atoms with E-state index in [1.165, 1.54) is 19.1 Å². The average Bonchev–Trinajstić information content (AvgIpc) is 2.91. The molecule has 2 amide bonds. The van der Waals surface area contributed by atoms with Crippen LogP contribution in [0.4, 0.5) is 14.9 Å². The van der Waals surface area contributed by atoms with Crippen molar-refractivity contribution in [2.24, 2.45) is 0 Å². The van der Waals surface area contributed by atoms with Crippen LogP contribution in [0.25, 0.3) is 0 Å². The molecule has 9 heteroatoms. The number of halogens is 3. The summed E-state index contributed by atoms with van der Waals surface area (Å²) >= 11 is 9.53. The van der Waals surface area contributed by atoms with Crippen LogP contribution in [-0.2, 0) is 22.4 Å². The third-order valence-corrected chi connectivity index (χ3v) is 4.61. The van der Waals surface area contributed by atoms with Gasteiger partial charge in [-0.15, -0.1) is 23.2 Å². The predicted molar refractivity (Wildman–Crippen MR) is 129 cm³/mol. The van der Waals surface area contributed by atoms with Crippen molar-refractivity contribution in [1.82, 2.24) is 4.90 Å². The number of benzene rings is 2. The molecule has 0 radical (unpaired) electrons. The number of ether oxygens (including phenoxy) is 2. The Hall–Kier alpha value is -2.51. The van der Waals surface area contributed by atoms with E-state index in [2.05, 4.69) is 5.32 Å². The Balaban J connectivity index is 0.00000122. The minimum Gasteiger partial charge on any atom is -0.454 e. The number of nitrogens with zero attached hydrogens (tertiary/aromatic N) is 1. The van der Waals surface area contributed by atoms with Crippen LogP contribution in [0, 0.1) is 5.82 Å². The predicted octanol–water partition coefficient (Wildman–Crippen LogP) is 6.33. The average molecular weight is 499 g/mol. The van der Waals surface area contributed by atoms with Gasteiger partial charge in [0.1, 0.15) is 11.4 Å². The number of carbonyl (C=O) groups is 2. The van der Waals surface area contributed by atoms with E-state index in [9.17, 15) is 14.0 Å². The van der Waals surface area contributed by atoms with Gasteiger partial charge in [0, 0.05) is 31.8 Å². The molecule has 1 aliphatic heterocycles. The molecule has 0 aliphatic carbocycles. The number of nitrogens with one attached hydrogen (secondary N) is 1. The molecule has 1 aliphatic rings. The summed E-state index contributed by atoms with van der Waals surface area (Å²) in [6.07, 6.45) is 1.07. The molecule has 2 aromatic rings. The van der Waals surface area contributed by atoms with Crippen LogP contribution in [-0.4, -0.2) is 40.9 Å². The molecular weight excluding hydrogens is 470 g/mol. The lowest BCUT2D eigenvalue weighted by atomic mass is 10.0. The Kier molecular flexibility index (Phi) is 9.80. The molecule has 0 saturated heterocycles. The normalized spacial score (nSPS) is 13.1. The second-order valence-corrected chi connectivity index (χ2v) is 9.24. The largest absolute Gasteiger partial charge is 0.454 e. The Morgan fingerprint density at radius 3 is 2.27 bits per heavy atom. The van der Waals surface area contributed by atoms with E-state index >= 15 is 0 Å². The maximum absolute atomic E-state index is 14.3. The van der Waals surface area contributed by atoms with Gasteiger partial charge in [-0.05, 0) is 69.0 Å². The second-order valence-electron chi connectivity index (χ2n) is 8.43. The second kappa shape index (κ2) is 12.1. The lowest BCUT2D eigenvalue weighted by molar-refractivity contribution is -0.114. The van der Waals surface area contributed by atoms with Crippen LogP contribution in [0.1, 0.15) is 38.8 Å². The highest BCUT2D eigenvalue weighted by Crippen LogP contribution is 2.29. The molecular formula is C24H29Cl2FN2O4. The number of hydrogen-bond acceptors (Lipinski definition) is 4. The number of fused-ring (bicyclic) bond motifs is 1. The number of rotatable bonds is 3. The molecule has 3 rings (SSSR count). The third-order valence-electron chi connectivity index (χ3n) is 4.61. The summed E-state index contributed by atoms with van der Waals surface area (Å²) < 4.78 is 25.5. The lowest BCUT2D eigenvalue weighted by Crippen LogP contribution is -2.38. The van der Waals surface area contributed by atoms with Gasteiger partial charge in [-0.25, -0.2) is 9.18 Å². The third kappa shape index (κ3) is 8.74. The van der Waals surface area contributed by atoms with Gasteiger partial charge in [0.2, 0.25) is 5.91 Å². The minimum atomic E-state index is -0.563. The Morgan fingerprint density at radius 2 is 1.70 bits per heavy atom. The number of anilines is 1. The van der Waals surface area contributed by atoms with Crippen molar-refractivity contribution in [2.45, 2.75) is 46.1 Å². The van der Waals surface area contributed by atoms with Crippen molar-refractivity contribution < 1.29 is 23.5 Å². The van der Waals surface area contributed by atoms with E-state index < -0.39 is 11.4 Å². The first-order valence-corrected chi connectivity index (χ1v) is 11.6. The lowest BCUT2D eigenvalue weighted by Gasteiger charge is -2.26. The van der Waals surface area contributed by atoms with Crippen LogP contribution in [0.3, 0.4) is 0 Å². The minimum absolute atomic E-state index is 0.0769. The van der Waals surface area contributed by atoms with E-state index in [0.29, 0.717) is 37.4 Å². The highest BCUT2D eigenvalue weighted by Gasteiger charge is 2.24. The van der Waals surface area contributed by atoms with E-state index in [-0.39, 0.29) is 23.1 Å². The number of alkyl halides is 2. The fourth-order valence-corrected chi connectivity index (χ4v) is 3.27. The molecule has 0 saturated carbocycles. The first-order chi connectivity index (χ1) is 15.5. The molecule has 0 atom stereocenters. The molecule has 33 heavy (non-hydrogen) atoms. The van der Waals surface area contributed by atoms with Gasteiger partial charge < -0.3 is 19.7 Å². The van der Waals surface area contributed by atoms with Gasteiger partial charge in [-0.3, -0.25) is 4.79 Å². The van der Waals surface area contributed by atoms with E-state index in [1.54, 1.807) is 17.0 Å². The van der Waals surface area contributed by atoms with E-state index in [1.807, 2.05) is 32.9 Å². The zero-order chi connectivity index (χ0) is 24.6. The Morgan fingerprint density at radius 1 is 1.06 bits per heavy atom. The van der Waals surface area contributed by atoms with Crippen molar-refractivity contribution in [3.05, 3.63) is 53.3 Å². The molecule has 6 nitrogen and oxygen atoms in total. The topological polar surface area (TPSA) is 67.9 Å². The van der Waals surface area contributed by atoms with Gasteiger partial charge in [-0.2, -0.15) is 0 Å². The molecule has 180 valence electrons. The Labute approximate surface area is 203 Å². The number of hydrogen-bond donors (Lipinski definition) is 1. The monoisotopic (exact) mass is 498 g/mol. The summed E-state index contributed by atoms with van der Waals surface area (Å²) in [6.45, 7) is 8.04. The molecule has 1 heterocycles. The maximum Gasteiger partial charge on any atom is 0.410 e. The summed E-state index contributed by atoms with van der Waals surface area (Å²) in [5, 5.41) is 2.73. The van der Waals surface area contributed by atoms with Gasteiger partial charge in [0.05, 0.1) is 5.34 Å². The Bertz CT molecular complexity index is 979. The molecule has 0 aromatic heterocycles.